The number of nitrogens with one attached hydrogen (secondary N) is 1. The van der Waals surface area contributed by atoms with Gasteiger partial charge in [-0.1, -0.05) is 0 Å². The number of amides is 1. The van der Waals surface area contributed by atoms with Crippen LogP contribution < -0.4 is 14.8 Å². The van der Waals surface area contributed by atoms with Gasteiger partial charge in [0.15, 0.2) is 11.5 Å². The first kappa shape index (κ1) is 17.7. The minimum Gasteiger partial charge on any atom is -0.493 e. The third-order valence-corrected chi connectivity index (χ3v) is 4.03. The first-order valence-corrected chi connectivity index (χ1v) is 7.96. The molecule has 8 nitrogen and oxygen atoms in total. The molecule has 0 fully saturated rings. The monoisotopic (exact) mass is 351 g/mol. The third kappa shape index (κ3) is 3.99. The lowest BCUT2D eigenvalue weighted by atomic mass is 10.1. The van der Waals surface area contributed by atoms with E-state index in [0.717, 1.165) is 9.88 Å². The minimum atomic E-state index is -0.621. The van der Waals surface area contributed by atoms with Crippen molar-refractivity contribution in [3.05, 3.63) is 43.9 Å². The van der Waals surface area contributed by atoms with Gasteiger partial charge in [0.1, 0.15) is 5.56 Å². The van der Waals surface area contributed by atoms with E-state index >= 15 is 0 Å². The van der Waals surface area contributed by atoms with E-state index in [1.807, 2.05) is 6.92 Å². The Hall–Kier alpha value is -2.68. The van der Waals surface area contributed by atoms with Gasteiger partial charge in [-0.2, -0.15) is 0 Å². The van der Waals surface area contributed by atoms with Gasteiger partial charge in [-0.15, -0.1) is 11.3 Å². The highest BCUT2D eigenvalue weighted by Crippen LogP contribution is 2.34. The van der Waals surface area contributed by atoms with Crippen molar-refractivity contribution < 1.29 is 19.2 Å². The zero-order chi connectivity index (χ0) is 17.7. The Balaban J connectivity index is 2.29. The molecule has 0 atom stereocenters. The summed E-state index contributed by atoms with van der Waals surface area (Å²) in [5, 5.41) is 14.8. The van der Waals surface area contributed by atoms with E-state index in [1.165, 1.54) is 30.6 Å². The molecule has 1 N–H and O–H groups in total. The Labute approximate surface area is 142 Å². The summed E-state index contributed by atoms with van der Waals surface area (Å²) in [7, 11) is 1.38. The summed E-state index contributed by atoms with van der Waals surface area (Å²) in [6.07, 6.45) is 1.66. The smallest absolute Gasteiger partial charge is 0.286 e. The molecule has 9 heteroatoms. The van der Waals surface area contributed by atoms with Gasteiger partial charge < -0.3 is 14.8 Å². The Morgan fingerprint density at radius 1 is 1.42 bits per heavy atom. The summed E-state index contributed by atoms with van der Waals surface area (Å²) in [6.45, 7) is 4.22. The molecule has 1 aromatic carbocycles. The van der Waals surface area contributed by atoms with E-state index in [-0.39, 0.29) is 29.3 Å². The molecule has 24 heavy (non-hydrogen) atoms. The topological polar surface area (TPSA) is 104 Å². The van der Waals surface area contributed by atoms with Crippen LogP contribution in [-0.2, 0) is 6.54 Å². The van der Waals surface area contributed by atoms with E-state index in [1.54, 1.807) is 13.1 Å². The number of nitro groups is 1. The van der Waals surface area contributed by atoms with Crippen molar-refractivity contribution in [2.75, 3.05) is 13.7 Å². The third-order valence-electron chi connectivity index (χ3n) is 3.12. The Kier molecular flexibility index (Phi) is 5.69. The molecule has 0 spiro atoms. The summed E-state index contributed by atoms with van der Waals surface area (Å²) in [5.74, 6) is -0.0704. The predicted octanol–water partition coefficient (Wildman–Crippen LogP) is 2.70. The van der Waals surface area contributed by atoms with Crippen LogP contribution in [0.4, 0.5) is 5.69 Å². The Bertz CT molecular complexity index is 760. The van der Waals surface area contributed by atoms with Crippen LogP contribution in [0.25, 0.3) is 0 Å². The van der Waals surface area contributed by atoms with Gasteiger partial charge in [0, 0.05) is 17.1 Å². The van der Waals surface area contributed by atoms with E-state index in [4.69, 9.17) is 9.47 Å². The Morgan fingerprint density at radius 2 is 2.17 bits per heavy atom. The van der Waals surface area contributed by atoms with Crippen molar-refractivity contribution in [3.8, 4) is 11.5 Å². The first-order valence-electron chi connectivity index (χ1n) is 7.15. The van der Waals surface area contributed by atoms with E-state index in [9.17, 15) is 14.9 Å². The molecule has 0 radical (unpaired) electrons. The number of benzene rings is 1. The van der Waals surface area contributed by atoms with Gasteiger partial charge in [-0.25, -0.2) is 4.98 Å². The zero-order valence-corrected chi connectivity index (χ0v) is 14.3. The van der Waals surface area contributed by atoms with Gasteiger partial charge in [-0.05, 0) is 13.8 Å². The second kappa shape index (κ2) is 7.73. The molecule has 2 aromatic rings. The van der Waals surface area contributed by atoms with E-state index < -0.39 is 10.8 Å². The lowest BCUT2D eigenvalue weighted by molar-refractivity contribution is -0.385. The lowest BCUT2D eigenvalue weighted by Gasteiger charge is -2.11. The number of carbonyl (C=O) groups excluding carboxylic acids is 1. The molecule has 1 heterocycles. The summed E-state index contributed by atoms with van der Waals surface area (Å²) in [6, 6.07) is 2.52. The van der Waals surface area contributed by atoms with Crippen molar-refractivity contribution in [2.45, 2.75) is 20.4 Å². The maximum absolute atomic E-state index is 12.4. The fourth-order valence-corrected chi connectivity index (χ4v) is 2.79. The molecular weight excluding hydrogens is 334 g/mol. The number of hydrogen-bond acceptors (Lipinski definition) is 7. The summed E-state index contributed by atoms with van der Waals surface area (Å²) < 4.78 is 10.5. The molecule has 128 valence electrons. The molecule has 0 unspecified atom stereocenters. The van der Waals surface area contributed by atoms with Crippen LogP contribution in [0.3, 0.4) is 0 Å². The van der Waals surface area contributed by atoms with Gasteiger partial charge >= 0.3 is 0 Å². The van der Waals surface area contributed by atoms with E-state index in [2.05, 4.69) is 10.3 Å². The Morgan fingerprint density at radius 3 is 2.71 bits per heavy atom. The van der Waals surface area contributed by atoms with Crippen LogP contribution in [-0.4, -0.2) is 29.5 Å². The van der Waals surface area contributed by atoms with Gasteiger partial charge in [0.25, 0.3) is 11.6 Å². The average molecular weight is 351 g/mol. The quantitative estimate of drug-likeness (QED) is 0.607. The SMILES string of the molecule is CCOc1cc(C(=O)NCc2cnc(C)s2)c([N+](=O)[O-])cc1OC. The number of aromatic nitrogens is 1. The second-order valence-corrected chi connectivity index (χ2v) is 6.06. The van der Waals surface area contributed by atoms with Crippen LogP contribution in [0.5, 0.6) is 11.5 Å². The maximum atomic E-state index is 12.4. The lowest BCUT2D eigenvalue weighted by Crippen LogP contribution is -2.23. The zero-order valence-electron chi connectivity index (χ0n) is 13.5. The molecule has 0 aliphatic rings. The molecule has 0 aliphatic carbocycles. The number of nitrogens with zero attached hydrogens (tertiary/aromatic N) is 2. The number of nitro benzene ring substituents is 1. The fourth-order valence-electron chi connectivity index (χ4n) is 2.06. The summed E-state index contributed by atoms with van der Waals surface area (Å²) >= 11 is 1.45. The van der Waals surface area contributed by atoms with Gasteiger partial charge in [-0.3, -0.25) is 14.9 Å². The average Bonchev–Trinajstić information content (AvgIpc) is 2.97. The number of ether oxygens (including phenoxy) is 2. The summed E-state index contributed by atoms with van der Waals surface area (Å²) in [5.41, 5.74) is -0.418. The first-order chi connectivity index (χ1) is 11.5. The summed E-state index contributed by atoms with van der Waals surface area (Å²) in [4.78, 5) is 28.0. The van der Waals surface area contributed by atoms with Crippen LogP contribution >= 0.6 is 11.3 Å². The molecule has 1 amide bonds. The molecule has 1 aromatic heterocycles. The number of methoxy groups -OCH3 is 1. The normalized spacial score (nSPS) is 10.3. The number of hydrogen-bond donors (Lipinski definition) is 1. The number of aryl methyl sites for hydroxylation is 1. The standard InChI is InChI=1S/C15H17N3O5S/c1-4-23-14-5-11(12(18(20)21)6-13(14)22-3)15(19)17-8-10-7-16-9(2)24-10/h5-7H,4,8H2,1-3H3,(H,17,19). The van der Waals surface area contributed by atoms with Gasteiger partial charge in [0.2, 0.25) is 0 Å². The predicted molar refractivity (Wildman–Crippen MR) is 88.8 cm³/mol. The highest BCUT2D eigenvalue weighted by Gasteiger charge is 2.24. The highest BCUT2D eigenvalue weighted by atomic mass is 32.1. The molecule has 0 saturated carbocycles. The van der Waals surface area contributed by atoms with Crippen LogP contribution in [0.15, 0.2) is 18.3 Å². The number of thiazole rings is 1. The molecule has 0 bridgehead atoms. The van der Waals surface area contributed by atoms with E-state index in [0.29, 0.717) is 6.61 Å². The number of carbonyl (C=O) groups is 1. The van der Waals surface area contributed by atoms with Crippen LogP contribution in [0, 0.1) is 17.0 Å². The van der Waals surface area contributed by atoms with Crippen molar-refractivity contribution in [1.29, 1.82) is 0 Å². The van der Waals surface area contributed by atoms with Crippen LogP contribution in [0.2, 0.25) is 0 Å². The van der Waals surface area contributed by atoms with Crippen molar-refractivity contribution in [3.63, 3.8) is 0 Å². The molecule has 2 rings (SSSR count). The highest BCUT2D eigenvalue weighted by molar-refractivity contribution is 7.11. The largest absolute Gasteiger partial charge is 0.493 e. The van der Waals surface area contributed by atoms with Crippen molar-refractivity contribution in [1.82, 2.24) is 10.3 Å². The van der Waals surface area contributed by atoms with Crippen LogP contribution in [0.1, 0.15) is 27.2 Å². The number of rotatable bonds is 7. The molecular formula is C15H17N3O5S. The van der Waals surface area contributed by atoms with Crippen molar-refractivity contribution >= 4 is 22.9 Å². The minimum absolute atomic E-state index is 0.0783. The maximum Gasteiger partial charge on any atom is 0.286 e. The fraction of sp³-hybridized carbons (Fsp3) is 0.333. The second-order valence-electron chi connectivity index (χ2n) is 4.74. The van der Waals surface area contributed by atoms with Crippen molar-refractivity contribution in [2.24, 2.45) is 0 Å². The van der Waals surface area contributed by atoms with Gasteiger partial charge in [0.05, 0.1) is 36.3 Å². The molecule has 0 saturated heterocycles. The molecule has 0 aliphatic heterocycles.